The average molecular weight is 325 g/mol. The highest BCUT2D eigenvalue weighted by molar-refractivity contribution is 7.98. The summed E-state index contributed by atoms with van der Waals surface area (Å²) >= 11 is 2.47. The van der Waals surface area contributed by atoms with E-state index in [9.17, 15) is 13.6 Å². The average Bonchev–Trinajstić information content (AvgIpc) is 2.81. The highest BCUT2D eigenvalue weighted by atomic mass is 32.2. The first-order valence-electron chi connectivity index (χ1n) is 5.97. The van der Waals surface area contributed by atoms with E-state index >= 15 is 0 Å². The maximum absolute atomic E-state index is 13.5. The first-order chi connectivity index (χ1) is 10.0. The third kappa shape index (κ3) is 2.96. The summed E-state index contributed by atoms with van der Waals surface area (Å²) in [7, 11) is 0. The lowest BCUT2D eigenvalue weighted by atomic mass is 10.3. The Bertz CT molecular complexity index is 875. The third-order valence-electron chi connectivity index (χ3n) is 2.66. The summed E-state index contributed by atoms with van der Waals surface area (Å²) < 4.78 is 27.6. The largest absolute Gasteiger partial charge is 0.275 e. The molecule has 2 heterocycles. The fourth-order valence-electron chi connectivity index (χ4n) is 1.75. The molecule has 4 nitrogen and oxygen atoms in total. The minimum atomic E-state index is -0.608. The molecule has 0 N–H and O–H groups in total. The van der Waals surface area contributed by atoms with E-state index in [1.54, 1.807) is 6.92 Å². The molecule has 8 heteroatoms. The van der Waals surface area contributed by atoms with Crippen LogP contribution in [0.4, 0.5) is 8.78 Å². The molecule has 0 unspecified atom stereocenters. The minimum absolute atomic E-state index is 0.238. The van der Waals surface area contributed by atoms with E-state index in [1.165, 1.54) is 45.8 Å². The fraction of sp³-hybridized carbons (Fsp3) is 0.154. The van der Waals surface area contributed by atoms with Crippen molar-refractivity contribution >= 4 is 28.1 Å². The van der Waals surface area contributed by atoms with Crippen molar-refractivity contribution in [1.29, 1.82) is 0 Å². The number of halogens is 2. The van der Waals surface area contributed by atoms with Crippen LogP contribution in [0.3, 0.4) is 0 Å². The zero-order valence-electron chi connectivity index (χ0n) is 10.8. The number of thioether (sulfide) groups is 1. The Morgan fingerprint density at radius 1 is 1.33 bits per heavy atom. The maximum atomic E-state index is 13.5. The van der Waals surface area contributed by atoms with Gasteiger partial charge in [0, 0.05) is 22.7 Å². The first kappa shape index (κ1) is 14.2. The molecule has 21 heavy (non-hydrogen) atoms. The summed E-state index contributed by atoms with van der Waals surface area (Å²) in [6.45, 7) is 1.74. The number of rotatable bonds is 3. The molecule has 0 aliphatic carbocycles. The second-order valence-corrected chi connectivity index (χ2v) is 6.35. The number of fused-ring (bicyclic) bond motifs is 1. The molecule has 0 radical (unpaired) electrons. The van der Waals surface area contributed by atoms with Gasteiger partial charge in [-0.1, -0.05) is 11.3 Å². The van der Waals surface area contributed by atoms with Crippen molar-refractivity contribution in [3.63, 3.8) is 0 Å². The van der Waals surface area contributed by atoms with Crippen LogP contribution >= 0.6 is 23.1 Å². The van der Waals surface area contributed by atoms with Crippen LogP contribution in [0.1, 0.15) is 10.7 Å². The Morgan fingerprint density at radius 2 is 2.14 bits per heavy atom. The van der Waals surface area contributed by atoms with Gasteiger partial charge in [0.2, 0.25) is 4.96 Å². The number of nitrogens with zero attached hydrogens (tertiary/aromatic N) is 3. The van der Waals surface area contributed by atoms with Crippen molar-refractivity contribution in [2.75, 3.05) is 0 Å². The third-order valence-corrected chi connectivity index (χ3v) is 4.81. The zero-order valence-corrected chi connectivity index (χ0v) is 12.5. The molecule has 3 aromatic rings. The van der Waals surface area contributed by atoms with Gasteiger partial charge in [0.1, 0.15) is 16.6 Å². The Hall–Kier alpha value is -1.80. The highest BCUT2D eigenvalue weighted by Gasteiger charge is 2.10. The monoisotopic (exact) mass is 325 g/mol. The number of hydrogen-bond acceptors (Lipinski definition) is 5. The standard InChI is InChI=1S/C13H9F2N3OS2/c1-7-4-12(19)18-13(16-7)21-11(17-18)6-20-10-3-2-8(14)5-9(10)15/h2-5H,6H2,1H3. The van der Waals surface area contributed by atoms with E-state index in [0.29, 0.717) is 26.3 Å². The molecule has 0 amide bonds. The second kappa shape index (κ2) is 5.53. The van der Waals surface area contributed by atoms with Crippen LogP contribution in [-0.2, 0) is 5.75 Å². The number of hydrogen-bond donors (Lipinski definition) is 0. The predicted octanol–water partition coefficient (Wildman–Crippen LogP) is 3.03. The molecule has 0 spiro atoms. The van der Waals surface area contributed by atoms with Gasteiger partial charge < -0.3 is 0 Å². The predicted molar refractivity (Wildman–Crippen MR) is 77.8 cm³/mol. The van der Waals surface area contributed by atoms with Gasteiger partial charge in [0.15, 0.2) is 0 Å². The molecule has 0 fully saturated rings. The van der Waals surface area contributed by atoms with Gasteiger partial charge in [-0.05, 0) is 19.1 Å². The Kier molecular flexibility index (Phi) is 3.73. The number of aromatic nitrogens is 3. The van der Waals surface area contributed by atoms with Crippen molar-refractivity contribution in [2.24, 2.45) is 0 Å². The lowest BCUT2D eigenvalue weighted by Gasteiger charge is -2.00. The summed E-state index contributed by atoms with van der Waals surface area (Å²) in [5.74, 6) is -0.829. The first-order valence-corrected chi connectivity index (χ1v) is 7.77. The Balaban J connectivity index is 1.85. The summed E-state index contributed by atoms with van der Waals surface area (Å²) in [5, 5.41) is 4.81. The number of aryl methyl sites for hydroxylation is 1. The lowest BCUT2D eigenvalue weighted by molar-refractivity contribution is 0.565. The van der Waals surface area contributed by atoms with Gasteiger partial charge in [-0.25, -0.2) is 13.8 Å². The summed E-state index contributed by atoms with van der Waals surface area (Å²) in [4.78, 5) is 16.8. The van der Waals surface area contributed by atoms with Crippen LogP contribution in [0.5, 0.6) is 0 Å². The molecule has 1 aromatic carbocycles. The van der Waals surface area contributed by atoms with Crippen molar-refractivity contribution in [1.82, 2.24) is 14.6 Å². The zero-order chi connectivity index (χ0) is 15.0. The van der Waals surface area contributed by atoms with Gasteiger partial charge in [-0.2, -0.15) is 9.61 Å². The molecular weight excluding hydrogens is 316 g/mol. The van der Waals surface area contributed by atoms with Crippen LogP contribution < -0.4 is 5.56 Å². The molecule has 0 saturated carbocycles. The van der Waals surface area contributed by atoms with E-state index in [2.05, 4.69) is 10.1 Å². The van der Waals surface area contributed by atoms with E-state index in [-0.39, 0.29) is 5.56 Å². The Labute approximate surface area is 126 Å². The van der Waals surface area contributed by atoms with Crippen molar-refractivity contribution < 1.29 is 8.78 Å². The quantitative estimate of drug-likeness (QED) is 0.695. The van der Waals surface area contributed by atoms with Crippen molar-refractivity contribution in [2.45, 2.75) is 17.6 Å². The van der Waals surface area contributed by atoms with E-state index in [0.717, 1.165) is 6.07 Å². The molecule has 108 valence electrons. The van der Waals surface area contributed by atoms with Crippen LogP contribution in [0, 0.1) is 18.6 Å². The topological polar surface area (TPSA) is 47.3 Å². The van der Waals surface area contributed by atoms with Crippen molar-refractivity contribution in [3.05, 3.63) is 57.0 Å². The molecule has 0 saturated heterocycles. The van der Waals surface area contributed by atoms with Gasteiger partial charge in [-0.15, -0.1) is 11.8 Å². The molecule has 0 bridgehead atoms. The van der Waals surface area contributed by atoms with Crippen LogP contribution in [0.15, 0.2) is 34.0 Å². The van der Waals surface area contributed by atoms with Gasteiger partial charge in [0.05, 0.1) is 5.75 Å². The molecular formula is C13H9F2N3OS2. The molecule has 0 aliphatic rings. The second-order valence-electron chi connectivity index (χ2n) is 4.29. The molecule has 0 atom stereocenters. The normalized spacial score (nSPS) is 11.2. The summed E-state index contributed by atoms with van der Waals surface area (Å²) in [5.41, 5.74) is 0.394. The maximum Gasteiger partial charge on any atom is 0.275 e. The van der Waals surface area contributed by atoms with Gasteiger partial charge in [0.25, 0.3) is 5.56 Å². The Morgan fingerprint density at radius 3 is 2.90 bits per heavy atom. The van der Waals surface area contributed by atoms with Crippen LogP contribution in [-0.4, -0.2) is 14.6 Å². The van der Waals surface area contributed by atoms with Crippen LogP contribution in [0.25, 0.3) is 4.96 Å². The van der Waals surface area contributed by atoms with Gasteiger partial charge in [-0.3, -0.25) is 4.79 Å². The fourth-order valence-corrected chi connectivity index (χ4v) is 3.60. The number of benzene rings is 1. The minimum Gasteiger partial charge on any atom is -0.267 e. The van der Waals surface area contributed by atoms with Crippen LogP contribution in [0.2, 0.25) is 0 Å². The molecule has 2 aromatic heterocycles. The summed E-state index contributed by atoms with van der Waals surface area (Å²) in [6.07, 6.45) is 0. The smallest absolute Gasteiger partial charge is 0.267 e. The van der Waals surface area contributed by atoms with E-state index < -0.39 is 11.6 Å². The van der Waals surface area contributed by atoms with Crippen molar-refractivity contribution in [3.8, 4) is 0 Å². The van der Waals surface area contributed by atoms with E-state index in [4.69, 9.17) is 0 Å². The lowest BCUT2D eigenvalue weighted by Crippen LogP contribution is -2.14. The molecule has 0 aliphatic heterocycles. The SMILES string of the molecule is Cc1cc(=O)n2nc(CSc3ccc(F)cc3F)sc2n1. The molecule has 3 rings (SSSR count). The van der Waals surface area contributed by atoms with Gasteiger partial charge >= 0.3 is 0 Å². The van der Waals surface area contributed by atoms with E-state index in [1.807, 2.05) is 0 Å². The highest BCUT2D eigenvalue weighted by Crippen LogP contribution is 2.27. The summed E-state index contributed by atoms with van der Waals surface area (Å²) in [6, 6.07) is 4.84.